The molecule has 0 bridgehead atoms. The lowest BCUT2D eigenvalue weighted by Gasteiger charge is -2.35. The molecular weight excluding hydrogens is 921 g/mol. The number of para-hydroxylation sites is 4. The van der Waals surface area contributed by atoms with Crippen LogP contribution in [0.25, 0.3) is 88.0 Å². The third kappa shape index (κ3) is 6.10. The lowest BCUT2D eigenvalue weighted by atomic mass is 9.70. The topological polar surface area (TPSA) is 18.5 Å². The van der Waals surface area contributed by atoms with Crippen molar-refractivity contribution in [1.29, 1.82) is 0 Å². The molecule has 0 unspecified atom stereocenters. The molecule has 3 aliphatic rings. The molecule has 15 rings (SSSR count). The SMILES string of the molecule is CCc1ccccc1Oc1c(CC)cccc1-c1cccc2c(-c3cccc4c3-c3c(ccc5ccccc35)C43c4ccccc4-c4ccccc43)c3cccc(-c4cccc5c4Oc4ccccc4C5(C)C)c3cc12. The van der Waals surface area contributed by atoms with E-state index in [1.165, 1.54) is 99.4 Å². The van der Waals surface area contributed by atoms with Crippen LogP contribution < -0.4 is 9.47 Å². The first-order valence-corrected chi connectivity index (χ1v) is 27.0. The van der Waals surface area contributed by atoms with Crippen molar-refractivity contribution in [3.8, 4) is 78.6 Å². The smallest absolute Gasteiger partial charge is 0.139 e. The zero-order chi connectivity index (χ0) is 50.9. The van der Waals surface area contributed by atoms with E-state index in [0.29, 0.717) is 0 Å². The van der Waals surface area contributed by atoms with Gasteiger partial charge in [-0.25, -0.2) is 0 Å². The molecule has 2 aliphatic carbocycles. The van der Waals surface area contributed by atoms with Crippen molar-refractivity contribution in [3.63, 3.8) is 0 Å². The molecule has 1 heterocycles. The minimum Gasteiger partial charge on any atom is -0.456 e. The Morgan fingerprint density at radius 2 is 0.868 bits per heavy atom. The second-order valence-corrected chi connectivity index (χ2v) is 21.4. The quantitative estimate of drug-likeness (QED) is 0.148. The van der Waals surface area contributed by atoms with E-state index in [0.717, 1.165) is 68.9 Å². The predicted octanol–water partition coefficient (Wildman–Crippen LogP) is 19.8. The van der Waals surface area contributed by atoms with Gasteiger partial charge in [0.25, 0.3) is 0 Å². The molecule has 1 spiro atoms. The molecule has 12 aromatic carbocycles. The van der Waals surface area contributed by atoms with Crippen LogP contribution in [-0.4, -0.2) is 0 Å². The van der Waals surface area contributed by atoms with Gasteiger partial charge in [0, 0.05) is 27.7 Å². The standard InChI is InChI=1S/C74H54O2/c1-5-45-22-8-15-40-66(45)75-71-46(6-2)24-17-32-55(71)49-28-18-30-53-58(49)44-59-50(56-33-20-39-65-72(56)76-67-41-16-14-37-62(67)73(65,3)4)29-19-31-54(59)68(53)57-34-21-38-63-70(57)69-48-25-9-7-23-47(48)42-43-64(69)74(63)60-35-12-10-26-51(60)52-27-11-13-36-61(52)74/h7-44H,5-6H2,1-4H3. The van der Waals surface area contributed by atoms with E-state index in [4.69, 9.17) is 9.47 Å². The molecule has 1 aliphatic heterocycles. The minimum atomic E-state index is -0.528. The van der Waals surface area contributed by atoms with E-state index >= 15 is 0 Å². The van der Waals surface area contributed by atoms with Crippen LogP contribution in [0.15, 0.2) is 231 Å². The first kappa shape index (κ1) is 44.5. The summed E-state index contributed by atoms with van der Waals surface area (Å²) in [4.78, 5) is 0. The molecule has 76 heavy (non-hydrogen) atoms. The zero-order valence-electron chi connectivity index (χ0n) is 43.2. The maximum Gasteiger partial charge on any atom is 0.139 e. The van der Waals surface area contributed by atoms with Gasteiger partial charge in [-0.3, -0.25) is 0 Å². The molecule has 0 radical (unpaired) electrons. The second-order valence-electron chi connectivity index (χ2n) is 21.4. The maximum absolute atomic E-state index is 7.20. The lowest BCUT2D eigenvalue weighted by molar-refractivity contribution is 0.419. The first-order chi connectivity index (χ1) is 37.4. The first-order valence-electron chi connectivity index (χ1n) is 27.0. The van der Waals surface area contributed by atoms with Crippen molar-refractivity contribution in [2.24, 2.45) is 0 Å². The van der Waals surface area contributed by atoms with E-state index in [9.17, 15) is 0 Å². The zero-order valence-corrected chi connectivity index (χ0v) is 43.2. The number of benzene rings is 12. The normalized spacial score (nSPS) is 13.9. The average molecular weight is 975 g/mol. The van der Waals surface area contributed by atoms with E-state index in [1.807, 2.05) is 0 Å². The molecule has 0 fully saturated rings. The van der Waals surface area contributed by atoms with Crippen LogP contribution >= 0.6 is 0 Å². The molecule has 0 saturated heterocycles. The summed E-state index contributed by atoms with van der Waals surface area (Å²) in [6.45, 7) is 9.08. The van der Waals surface area contributed by atoms with Crippen molar-refractivity contribution >= 4 is 32.3 Å². The Labute approximate surface area is 444 Å². The van der Waals surface area contributed by atoms with Gasteiger partial charge in [-0.1, -0.05) is 240 Å². The number of rotatable bonds is 7. The van der Waals surface area contributed by atoms with Crippen LogP contribution in [0, 0.1) is 0 Å². The molecule has 2 heteroatoms. The fourth-order valence-electron chi connectivity index (χ4n) is 14.0. The summed E-state index contributed by atoms with van der Waals surface area (Å²) in [5.41, 5.74) is 21.3. The molecule has 12 aromatic rings. The fourth-order valence-corrected chi connectivity index (χ4v) is 14.0. The Hall–Kier alpha value is -8.98. The van der Waals surface area contributed by atoms with Crippen LogP contribution in [-0.2, 0) is 23.7 Å². The summed E-state index contributed by atoms with van der Waals surface area (Å²) in [5, 5.41) is 7.20. The highest BCUT2D eigenvalue weighted by molar-refractivity contribution is 6.22. The van der Waals surface area contributed by atoms with Crippen LogP contribution in [0.4, 0.5) is 0 Å². The molecule has 0 amide bonds. The monoisotopic (exact) mass is 974 g/mol. The minimum absolute atomic E-state index is 0.277. The molecule has 362 valence electrons. The van der Waals surface area contributed by atoms with Gasteiger partial charge in [-0.2, -0.15) is 0 Å². The van der Waals surface area contributed by atoms with E-state index in [1.54, 1.807) is 0 Å². The van der Waals surface area contributed by atoms with Crippen molar-refractivity contribution in [3.05, 3.63) is 275 Å². The van der Waals surface area contributed by atoms with Gasteiger partial charge in [0.2, 0.25) is 0 Å². The highest BCUT2D eigenvalue weighted by Gasteiger charge is 2.52. The van der Waals surface area contributed by atoms with Gasteiger partial charge in [-0.15, -0.1) is 0 Å². The third-order valence-corrected chi connectivity index (χ3v) is 17.4. The van der Waals surface area contributed by atoms with Crippen molar-refractivity contribution < 1.29 is 9.47 Å². The second kappa shape index (κ2) is 16.8. The van der Waals surface area contributed by atoms with Gasteiger partial charge in [-0.05, 0) is 141 Å². The summed E-state index contributed by atoms with van der Waals surface area (Å²) >= 11 is 0. The average Bonchev–Trinajstić information content (AvgIpc) is 3.95. The van der Waals surface area contributed by atoms with Gasteiger partial charge in [0.15, 0.2) is 0 Å². The van der Waals surface area contributed by atoms with E-state index < -0.39 is 5.41 Å². The highest BCUT2D eigenvalue weighted by Crippen LogP contribution is 2.66. The lowest BCUT2D eigenvalue weighted by Crippen LogP contribution is -2.25. The Kier molecular flexibility index (Phi) is 9.82. The Bertz CT molecular complexity index is 4370. The van der Waals surface area contributed by atoms with Gasteiger partial charge in [0.1, 0.15) is 23.0 Å². The van der Waals surface area contributed by atoms with Crippen LogP contribution in [0.2, 0.25) is 0 Å². The number of hydrogen-bond acceptors (Lipinski definition) is 2. The van der Waals surface area contributed by atoms with Crippen LogP contribution in [0.3, 0.4) is 0 Å². The van der Waals surface area contributed by atoms with Gasteiger partial charge in [0.05, 0.1) is 5.41 Å². The van der Waals surface area contributed by atoms with Gasteiger partial charge < -0.3 is 9.47 Å². The van der Waals surface area contributed by atoms with Crippen molar-refractivity contribution in [2.45, 2.75) is 51.4 Å². The summed E-state index contributed by atoms with van der Waals surface area (Å²) in [7, 11) is 0. The fraction of sp³-hybridized carbons (Fsp3) is 0.108. The molecule has 2 nitrogen and oxygen atoms in total. The molecule has 0 N–H and O–H groups in total. The van der Waals surface area contributed by atoms with Crippen molar-refractivity contribution in [2.75, 3.05) is 0 Å². The molecular formula is C74H54O2. The summed E-state index contributed by atoms with van der Waals surface area (Å²) in [6.07, 6.45) is 1.71. The Balaban J connectivity index is 1.08. The van der Waals surface area contributed by atoms with Gasteiger partial charge >= 0.3 is 0 Å². The van der Waals surface area contributed by atoms with Crippen molar-refractivity contribution in [1.82, 2.24) is 0 Å². The maximum atomic E-state index is 7.20. The number of hydrogen-bond donors (Lipinski definition) is 0. The third-order valence-electron chi connectivity index (χ3n) is 17.4. The highest BCUT2D eigenvalue weighted by atomic mass is 16.5. The summed E-state index contributed by atoms with van der Waals surface area (Å²) in [5.74, 6) is 3.62. The Morgan fingerprint density at radius 3 is 1.62 bits per heavy atom. The van der Waals surface area contributed by atoms with Crippen LogP contribution in [0.1, 0.15) is 72.2 Å². The number of fused-ring (bicyclic) bond motifs is 16. The molecule has 0 aromatic heterocycles. The predicted molar refractivity (Wildman–Crippen MR) is 315 cm³/mol. The van der Waals surface area contributed by atoms with Crippen LogP contribution in [0.5, 0.6) is 23.0 Å². The summed E-state index contributed by atoms with van der Waals surface area (Å²) in [6, 6.07) is 86.0. The largest absolute Gasteiger partial charge is 0.456 e. The summed E-state index contributed by atoms with van der Waals surface area (Å²) < 4.78 is 14.3. The molecule has 0 saturated carbocycles. The molecule has 0 atom stereocenters. The number of ether oxygens (including phenoxy) is 2. The number of aryl methyl sites for hydroxylation is 2. The van der Waals surface area contributed by atoms with E-state index in [-0.39, 0.29) is 5.41 Å². The van der Waals surface area contributed by atoms with E-state index in [2.05, 4.69) is 258 Å². The Morgan fingerprint density at radius 1 is 0.355 bits per heavy atom.